The number of benzene rings is 1. The molecule has 0 radical (unpaired) electrons. The van der Waals surface area contributed by atoms with Gasteiger partial charge in [-0.05, 0) is 24.1 Å². The van der Waals surface area contributed by atoms with Crippen LogP contribution in [0, 0.1) is 5.82 Å². The lowest BCUT2D eigenvalue weighted by atomic mass is 10.0. The van der Waals surface area contributed by atoms with Crippen molar-refractivity contribution in [2.45, 2.75) is 32.0 Å². The summed E-state index contributed by atoms with van der Waals surface area (Å²) in [7, 11) is 0. The summed E-state index contributed by atoms with van der Waals surface area (Å²) in [5.74, 6) is -0.0445. The van der Waals surface area contributed by atoms with Gasteiger partial charge in [0.15, 0.2) is 6.29 Å². The monoisotopic (exact) mass is 224 g/mol. The van der Waals surface area contributed by atoms with E-state index in [1.807, 2.05) is 6.07 Å². The van der Waals surface area contributed by atoms with Gasteiger partial charge in [0.2, 0.25) is 0 Å². The Bertz CT molecular complexity index is 332. The van der Waals surface area contributed by atoms with Gasteiger partial charge in [0.1, 0.15) is 5.82 Å². The van der Waals surface area contributed by atoms with Crippen LogP contribution in [0.4, 0.5) is 4.39 Å². The molecule has 1 fully saturated rings. The minimum absolute atomic E-state index is 0.0743. The lowest BCUT2D eigenvalue weighted by Gasteiger charge is -2.29. The van der Waals surface area contributed by atoms with Crippen LogP contribution in [-0.2, 0) is 9.47 Å². The second kappa shape index (κ2) is 5.41. The highest BCUT2D eigenvalue weighted by molar-refractivity contribution is 5.21. The number of rotatable bonds is 3. The summed E-state index contributed by atoms with van der Waals surface area (Å²) in [6.45, 7) is 3.34. The molecule has 0 amide bonds. The average Bonchev–Trinajstić information content (AvgIpc) is 2.30. The van der Waals surface area contributed by atoms with Gasteiger partial charge in [-0.25, -0.2) is 4.39 Å². The number of hydrogen-bond donors (Lipinski definition) is 0. The van der Waals surface area contributed by atoms with Crippen molar-refractivity contribution in [3.63, 3.8) is 0 Å². The topological polar surface area (TPSA) is 18.5 Å². The predicted octanol–water partition coefficient (Wildman–Crippen LogP) is 3.08. The molecule has 1 heterocycles. The molecule has 0 unspecified atom stereocenters. The second-order valence-corrected chi connectivity index (χ2v) is 4.14. The van der Waals surface area contributed by atoms with E-state index in [0.29, 0.717) is 13.2 Å². The fourth-order valence-electron chi connectivity index (χ4n) is 1.90. The van der Waals surface area contributed by atoms with Gasteiger partial charge in [0, 0.05) is 5.92 Å². The molecule has 0 aromatic heterocycles. The van der Waals surface area contributed by atoms with E-state index in [-0.39, 0.29) is 18.0 Å². The normalized spacial score (nSPS) is 25.6. The van der Waals surface area contributed by atoms with Crippen molar-refractivity contribution in [1.82, 2.24) is 0 Å². The summed E-state index contributed by atoms with van der Waals surface area (Å²) in [4.78, 5) is 0. The van der Waals surface area contributed by atoms with Crippen molar-refractivity contribution >= 4 is 0 Å². The molecule has 1 aliphatic rings. The molecule has 2 nitrogen and oxygen atoms in total. The standard InChI is InChI=1S/C13H17FO2/c1-2-4-13-15-8-11(9-16-13)10-5-3-6-12(14)7-10/h3,5-7,11,13H,2,4,8-9H2,1H3. The Morgan fingerprint density at radius 1 is 1.31 bits per heavy atom. The van der Waals surface area contributed by atoms with Gasteiger partial charge in [-0.3, -0.25) is 0 Å². The zero-order valence-corrected chi connectivity index (χ0v) is 9.49. The predicted molar refractivity (Wildman–Crippen MR) is 59.7 cm³/mol. The number of hydrogen-bond acceptors (Lipinski definition) is 2. The SMILES string of the molecule is CCCC1OCC(c2cccc(F)c2)CO1. The Labute approximate surface area is 95.4 Å². The minimum atomic E-state index is -0.201. The highest BCUT2D eigenvalue weighted by atomic mass is 19.1. The minimum Gasteiger partial charge on any atom is -0.352 e. The molecule has 3 heteroatoms. The summed E-state index contributed by atoms with van der Waals surface area (Å²) in [5.41, 5.74) is 0.954. The van der Waals surface area contributed by atoms with Crippen LogP contribution in [0.1, 0.15) is 31.2 Å². The van der Waals surface area contributed by atoms with Gasteiger partial charge >= 0.3 is 0 Å². The summed E-state index contributed by atoms with van der Waals surface area (Å²) in [6.07, 6.45) is 1.90. The molecule has 0 N–H and O–H groups in total. The zero-order chi connectivity index (χ0) is 11.4. The third kappa shape index (κ3) is 2.80. The van der Waals surface area contributed by atoms with Crippen LogP contribution in [-0.4, -0.2) is 19.5 Å². The van der Waals surface area contributed by atoms with E-state index in [1.54, 1.807) is 12.1 Å². The average molecular weight is 224 g/mol. The first kappa shape index (κ1) is 11.6. The van der Waals surface area contributed by atoms with E-state index in [2.05, 4.69) is 6.92 Å². The lowest BCUT2D eigenvalue weighted by Crippen LogP contribution is -2.30. The van der Waals surface area contributed by atoms with Crippen LogP contribution < -0.4 is 0 Å². The molecule has 1 aromatic rings. The fraction of sp³-hybridized carbons (Fsp3) is 0.538. The Balaban J connectivity index is 1.94. The molecule has 1 saturated heterocycles. The Morgan fingerprint density at radius 3 is 2.69 bits per heavy atom. The van der Waals surface area contributed by atoms with Crippen LogP contribution in [0.15, 0.2) is 24.3 Å². The van der Waals surface area contributed by atoms with Crippen molar-refractivity contribution in [3.8, 4) is 0 Å². The smallest absolute Gasteiger partial charge is 0.157 e. The first-order valence-electron chi connectivity index (χ1n) is 5.78. The Morgan fingerprint density at radius 2 is 2.06 bits per heavy atom. The molecule has 2 rings (SSSR count). The molecular weight excluding hydrogens is 207 g/mol. The number of ether oxygens (including phenoxy) is 2. The van der Waals surface area contributed by atoms with Crippen LogP contribution in [0.5, 0.6) is 0 Å². The Hall–Kier alpha value is -0.930. The first-order chi connectivity index (χ1) is 7.79. The van der Waals surface area contributed by atoms with Crippen molar-refractivity contribution in [3.05, 3.63) is 35.6 Å². The highest BCUT2D eigenvalue weighted by Gasteiger charge is 2.22. The Kier molecular flexibility index (Phi) is 3.91. The molecule has 0 bridgehead atoms. The molecule has 0 atom stereocenters. The summed E-state index contributed by atoms with van der Waals surface area (Å²) < 4.78 is 24.2. The van der Waals surface area contributed by atoms with Gasteiger partial charge < -0.3 is 9.47 Å². The van der Waals surface area contributed by atoms with E-state index >= 15 is 0 Å². The van der Waals surface area contributed by atoms with E-state index < -0.39 is 0 Å². The molecular formula is C13H17FO2. The second-order valence-electron chi connectivity index (χ2n) is 4.14. The maximum absolute atomic E-state index is 13.0. The van der Waals surface area contributed by atoms with E-state index in [1.165, 1.54) is 6.07 Å². The van der Waals surface area contributed by atoms with Gasteiger partial charge in [0.05, 0.1) is 13.2 Å². The summed E-state index contributed by atoms with van der Waals surface area (Å²) in [6, 6.07) is 6.65. The first-order valence-corrected chi connectivity index (χ1v) is 5.78. The summed E-state index contributed by atoms with van der Waals surface area (Å²) >= 11 is 0. The molecule has 0 spiro atoms. The van der Waals surface area contributed by atoms with Crippen LogP contribution >= 0.6 is 0 Å². The third-order valence-corrected chi connectivity index (χ3v) is 2.81. The largest absolute Gasteiger partial charge is 0.352 e. The fourth-order valence-corrected chi connectivity index (χ4v) is 1.90. The highest BCUT2D eigenvalue weighted by Crippen LogP contribution is 2.24. The van der Waals surface area contributed by atoms with Crippen molar-refractivity contribution in [1.29, 1.82) is 0 Å². The van der Waals surface area contributed by atoms with Crippen molar-refractivity contribution in [2.75, 3.05) is 13.2 Å². The van der Waals surface area contributed by atoms with Crippen LogP contribution in [0.25, 0.3) is 0 Å². The van der Waals surface area contributed by atoms with Gasteiger partial charge in [-0.2, -0.15) is 0 Å². The van der Waals surface area contributed by atoms with Gasteiger partial charge in [0.25, 0.3) is 0 Å². The van der Waals surface area contributed by atoms with Gasteiger partial charge in [-0.15, -0.1) is 0 Å². The maximum Gasteiger partial charge on any atom is 0.157 e. The summed E-state index contributed by atoms with van der Waals surface area (Å²) in [5, 5.41) is 0. The maximum atomic E-state index is 13.0. The lowest BCUT2D eigenvalue weighted by molar-refractivity contribution is -0.189. The van der Waals surface area contributed by atoms with E-state index in [0.717, 1.165) is 18.4 Å². The molecule has 88 valence electrons. The third-order valence-electron chi connectivity index (χ3n) is 2.81. The quantitative estimate of drug-likeness (QED) is 0.785. The van der Waals surface area contributed by atoms with Crippen molar-refractivity contribution in [2.24, 2.45) is 0 Å². The molecule has 1 aliphatic heterocycles. The number of halogens is 1. The van der Waals surface area contributed by atoms with Gasteiger partial charge in [-0.1, -0.05) is 25.5 Å². The molecule has 0 saturated carbocycles. The van der Waals surface area contributed by atoms with E-state index in [9.17, 15) is 4.39 Å². The molecule has 1 aromatic carbocycles. The van der Waals surface area contributed by atoms with Crippen LogP contribution in [0.3, 0.4) is 0 Å². The van der Waals surface area contributed by atoms with Crippen LogP contribution in [0.2, 0.25) is 0 Å². The van der Waals surface area contributed by atoms with E-state index in [4.69, 9.17) is 9.47 Å². The molecule has 0 aliphatic carbocycles. The molecule has 16 heavy (non-hydrogen) atoms. The van der Waals surface area contributed by atoms with Crippen molar-refractivity contribution < 1.29 is 13.9 Å². The zero-order valence-electron chi connectivity index (χ0n) is 9.49.